The van der Waals surface area contributed by atoms with E-state index >= 15 is 0 Å². The number of carboxylic acids is 1. The number of hydrogen-bond donors (Lipinski definition) is 1. The van der Waals surface area contributed by atoms with Gasteiger partial charge >= 0.3 is 5.97 Å². The van der Waals surface area contributed by atoms with Gasteiger partial charge in [-0.05, 0) is 46.5 Å². The van der Waals surface area contributed by atoms with Crippen LogP contribution in [0.2, 0.25) is 0 Å². The molecular formula is C21H16O5S. The average molecular weight is 380 g/mol. The molecule has 1 aliphatic carbocycles. The first kappa shape index (κ1) is 17.5. The Morgan fingerprint density at radius 1 is 0.852 bits per heavy atom. The molecule has 4 rings (SSSR count). The second-order valence-corrected chi connectivity index (χ2v) is 7.91. The molecule has 1 N–H and O–H groups in total. The first-order valence-electron chi connectivity index (χ1n) is 8.38. The fraction of sp³-hybridized carbons (Fsp3) is 0.0952. The number of aromatic carboxylic acids is 1. The largest absolute Gasteiger partial charge is 0.478 e. The molecule has 136 valence electrons. The smallest absolute Gasteiger partial charge is 0.335 e. The number of fused-ring (bicyclic) bond motifs is 3. The van der Waals surface area contributed by atoms with Crippen molar-refractivity contribution in [3.63, 3.8) is 0 Å². The summed E-state index contributed by atoms with van der Waals surface area (Å²) in [5, 5.41) is 8.93. The summed E-state index contributed by atoms with van der Waals surface area (Å²) >= 11 is 0. The topological polar surface area (TPSA) is 80.7 Å². The molecule has 0 atom stereocenters. The van der Waals surface area contributed by atoms with E-state index in [4.69, 9.17) is 9.29 Å². The zero-order chi connectivity index (χ0) is 19.0. The van der Waals surface area contributed by atoms with Gasteiger partial charge in [-0.15, -0.1) is 0 Å². The summed E-state index contributed by atoms with van der Waals surface area (Å²) in [4.78, 5) is 10.9. The van der Waals surface area contributed by atoms with Crippen molar-refractivity contribution in [2.75, 3.05) is 6.61 Å². The van der Waals surface area contributed by atoms with Gasteiger partial charge in [0.05, 0.1) is 17.1 Å². The second kappa shape index (κ2) is 6.64. The Morgan fingerprint density at radius 3 is 1.89 bits per heavy atom. The number of carboxylic acid groups (broad SMARTS) is 1. The molecule has 0 bridgehead atoms. The predicted molar refractivity (Wildman–Crippen MR) is 100 cm³/mol. The Kier molecular flexibility index (Phi) is 4.30. The van der Waals surface area contributed by atoms with Crippen LogP contribution in [0.5, 0.6) is 0 Å². The lowest BCUT2D eigenvalue weighted by atomic mass is 9.98. The van der Waals surface area contributed by atoms with E-state index in [9.17, 15) is 13.2 Å². The lowest BCUT2D eigenvalue weighted by Crippen LogP contribution is -2.13. The molecule has 0 aromatic heterocycles. The van der Waals surface area contributed by atoms with Crippen molar-refractivity contribution in [1.29, 1.82) is 0 Å². The van der Waals surface area contributed by atoms with E-state index in [0.29, 0.717) is 0 Å². The predicted octanol–water partition coefficient (Wildman–Crippen LogP) is 3.90. The standard InChI is InChI=1S/C21H16O5S/c22-21(23)14-9-11-15(12-10-14)27(24,25)26-13-20-18-7-3-1-5-16(18)17-6-2-4-8-19(17)20/h1-12,20H,13H2,(H,22,23). The monoisotopic (exact) mass is 380 g/mol. The summed E-state index contributed by atoms with van der Waals surface area (Å²) in [6.07, 6.45) is 0. The van der Waals surface area contributed by atoms with Crippen LogP contribution in [-0.4, -0.2) is 26.1 Å². The van der Waals surface area contributed by atoms with Crippen LogP contribution in [0.15, 0.2) is 77.7 Å². The molecule has 0 saturated carbocycles. The third-order valence-electron chi connectivity index (χ3n) is 4.74. The van der Waals surface area contributed by atoms with E-state index in [1.54, 1.807) is 0 Å². The number of hydrogen-bond acceptors (Lipinski definition) is 4. The zero-order valence-corrected chi connectivity index (χ0v) is 15.0. The third-order valence-corrected chi connectivity index (χ3v) is 6.04. The summed E-state index contributed by atoms with van der Waals surface area (Å²) < 4.78 is 30.4. The summed E-state index contributed by atoms with van der Waals surface area (Å²) in [5.41, 5.74) is 4.27. The van der Waals surface area contributed by atoms with Crippen LogP contribution in [0.1, 0.15) is 27.4 Å². The second-order valence-electron chi connectivity index (χ2n) is 6.30. The first-order valence-corrected chi connectivity index (χ1v) is 9.79. The van der Waals surface area contributed by atoms with Gasteiger partial charge in [0.1, 0.15) is 0 Å². The maximum Gasteiger partial charge on any atom is 0.335 e. The summed E-state index contributed by atoms with van der Waals surface area (Å²) in [6, 6.07) is 20.8. The van der Waals surface area contributed by atoms with Crippen molar-refractivity contribution in [1.82, 2.24) is 0 Å². The molecule has 3 aromatic carbocycles. The van der Waals surface area contributed by atoms with Gasteiger partial charge in [0.25, 0.3) is 10.1 Å². The van der Waals surface area contributed by atoms with E-state index < -0.39 is 16.1 Å². The van der Waals surface area contributed by atoms with Crippen molar-refractivity contribution in [2.45, 2.75) is 10.8 Å². The first-order chi connectivity index (χ1) is 13.0. The fourth-order valence-corrected chi connectivity index (χ4v) is 4.35. The Morgan fingerprint density at radius 2 is 1.37 bits per heavy atom. The molecule has 1 aliphatic rings. The molecule has 3 aromatic rings. The molecule has 0 unspecified atom stereocenters. The summed E-state index contributed by atoms with van der Waals surface area (Å²) in [5.74, 6) is -1.29. The Bertz CT molecular complexity index is 1070. The maximum absolute atomic E-state index is 12.5. The van der Waals surface area contributed by atoms with Gasteiger partial charge in [-0.1, -0.05) is 48.5 Å². The highest BCUT2D eigenvalue weighted by Gasteiger charge is 2.30. The SMILES string of the molecule is O=C(O)c1ccc(S(=O)(=O)OCC2c3ccccc3-c3ccccc32)cc1. The van der Waals surface area contributed by atoms with Gasteiger partial charge in [-0.25, -0.2) is 4.79 Å². The lowest BCUT2D eigenvalue weighted by Gasteiger charge is -2.14. The van der Waals surface area contributed by atoms with Gasteiger partial charge in [0.15, 0.2) is 0 Å². The Hall–Kier alpha value is -2.96. The van der Waals surface area contributed by atoms with Crippen LogP contribution in [0.4, 0.5) is 0 Å². The van der Waals surface area contributed by atoms with Crippen LogP contribution in [0, 0.1) is 0 Å². The average Bonchev–Trinajstić information content (AvgIpc) is 3.00. The number of rotatable bonds is 5. The van der Waals surface area contributed by atoms with Gasteiger partial charge < -0.3 is 5.11 Å². The molecule has 5 nitrogen and oxygen atoms in total. The van der Waals surface area contributed by atoms with Crippen LogP contribution in [0.25, 0.3) is 11.1 Å². The van der Waals surface area contributed by atoms with E-state index in [0.717, 1.165) is 22.3 Å². The molecule has 0 heterocycles. The van der Waals surface area contributed by atoms with E-state index in [2.05, 4.69) is 0 Å². The molecule has 27 heavy (non-hydrogen) atoms. The van der Waals surface area contributed by atoms with Crippen LogP contribution in [0.3, 0.4) is 0 Å². The molecule has 0 aliphatic heterocycles. The normalized spacial score (nSPS) is 13.2. The van der Waals surface area contributed by atoms with E-state index in [1.165, 1.54) is 24.3 Å². The minimum absolute atomic E-state index is 0.0168. The van der Waals surface area contributed by atoms with Crippen molar-refractivity contribution in [3.05, 3.63) is 89.5 Å². The van der Waals surface area contributed by atoms with Crippen molar-refractivity contribution < 1.29 is 22.5 Å². The number of benzene rings is 3. The molecule has 6 heteroatoms. The minimum Gasteiger partial charge on any atom is -0.478 e. The number of carbonyl (C=O) groups is 1. The molecule has 0 spiro atoms. The van der Waals surface area contributed by atoms with Crippen LogP contribution < -0.4 is 0 Å². The Labute approximate surface area is 157 Å². The molecular weight excluding hydrogens is 364 g/mol. The minimum atomic E-state index is -3.99. The van der Waals surface area contributed by atoms with Gasteiger partial charge in [-0.3, -0.25) is 4.18 Å². The van der Waals surface area contributed by atoms with Crippen LogP contribution >= 0.6 is 0 Å². The van der Waals surface area contributed by atoms with E-state index in [-0.39, 0.29) is 23.0 Å². The molecule has 0 amide bonds. The maximum atomic E-state index is 12.5. The van der Waals surface area contributed by atoms with E-state index in [1.807, 2.05) is 48.5 Å². The molecule has 0 saturated heterocycles. The Balaban J connectivity index is 1.60. The van der Waals surface area contributed by atoms with Crippen molar-refractivity contribution in [3.8, 4) is 11.1 Å². The van der Waals surface area contributed by atoms with Gasteiger partial charge in [0.2, 0.25) is 0 Å². The van der Waals surface area contributed by atoms with Gasteiger partial charge in [-0.2, -0.15) is 8.42 Å². The lowest BCUT2D eigenvalue weighted by molar-refractivity contribution is 0.0696. The van der Waals surface area contributed by atoms with Gasteiger partial charge in [0, 0.05) is 5.92 Å². The fourth-order valence-electron chi connectivity index (χ4n) is 3.43. The summed E-state index contributed by atoms with van der Waals surface area (Å²) in [7, 11) is -3.99. The van der Waals surface area contributed by atoms with Crippen molar-refractivity contribution >= 4 is 16.1 Å². The quantitative estimate of drug-likeness (QED) is 0.679. The summed E-state index contributed by atoms with van der Waals surface area (Å²) in [6.45, 7) is -0.0168. The van der Waals surface area contributed by atoms with Crippen molar-refractivity contribution in [2.24, 2.45) is 0 Å². The molecule has 0 fully saturated rings. The zero-order valence-electron chi connectivity index (χ0n) is 14.2. The highest BCUT2D eigenvalue weighted by atomic mass is 32.2. The highest BCUT2D eigenvalue weighted by molar-refractivity contribution is 7.86. The highest BCUT2D eigenvalue weighted by Crippen LogP contribution is 2.44. The van der Waals surface area contributed by atoms with Crippen LogP contribution in [-0.2, 0) is 14.3 Å². The molecule has 0 radical (unpaired) electrons. The third kappa shape index (κ3) is 3.13.